The quantitative estimate of drug-likeness (QED) is 0.921. The van der Waals surface area contributed by atoms with Crippen LogP contribution in [-0.4, -0.2) is 53.0 Å². The van der Waals surface area contributed by atoms with Crippen LogP contribution < -0.4 is 0 Å². The van der Waals surface area contributed by atoms with Gasteiger partial charge in [-0.2, -0.15) is 0 Å². The van der Waals surface area contributed by atoms with Crippen LogP contribution in [0, 0.1) is 11.7 Å². The molecule has 2 saturated heterocycles. The summed E-state index contributed by atoms with van der Waals surface area (Å²) in [5.74, 6) is -0.327. The maximum absolute atomic E-state index is 13.4. The summed E-state index contributed by atoms with van der Waals surface area (Å²) in [4.78, 5) is 16.9. The van der Waals surface area contributed by atoms with Crippen LogP contribution in [0.5, 0.6) is 5.75 Å². The van der Waals surface area contributed by atoms with Crippen molar-refractivity contribution in [2.24, 2.45) is 5.92 Å². The first kappa shape index (κ1) is 17.2. The lowest BCUT2D eigenvalue weighted by Gasteiger charge is -2.38. The van der Waals surface area contributed by atoms with Crippen LogP contribution in [-0.2, 0) is 11.2 Å². The fraction of sp³-hybridized carbons (Fsp3) is 0.632. The van der Waals surface area contributed by atoms with Crippen LogP contribution in [0.3, 0.4) is 0 Å². The second kappa shape index (κ2) is 7.51. The number of phenolic OH excluding ortho intramolecular Hbond substituents is 1. The summed E-state index contributed by atoms with van der Waals surface area (Å²) in [6, 6.07) is 4.77. The summed E-state index contributed by atoms with van der Waals surface area (Å²) in [7, 11) is 0. The molecule has 1 aromatic rings. The SMILES string of the molecule is C[C@@H](C1CCN(C(=O)Cc2ccc(O)c(F)c2)CC1)N1CCCC1. The summed E-state index contributed by atoms with van der Waals surface area (Å²) in [6.45, 7) is 6.34. The van der Waals surface area contributed by atoms with Gasteiger partial charge in [-0.15, -0.1) is 0 Å². The molecule has 3 rings (SSSR count). The molecule has 1 N–H and O–H groups in total. The predicted molar refractivity (Wildman–Crippen MR) is 91.3 cm³/mol. The fourth-order valence-corrected chi connectivity index (χ4v) is 4.03. The molecule has 2 aliphatic rings. The van der Waals surface area contributed by atoms with Crippen LogP contribution in [0.4, 0.5) is 4.39 Å². The fourth-order valence-electron chi connectivity index (χ4n) is 4.03. The third kappa shape index (κ3) is 3.89. The number of aromatic hydroxyl groups is 1. The van der Waals surface area contributed by atoms with Crippen LogP contribution in [0.25, 0.3) is 0 Å². The maximum Gasteiger partial charge on any atom is 0.226 e. The molecule has 0 aromatic heterocycles. The standard InChI is InChI=1S/C19H27FN2O2/c1-14(21-8-2-3-9-21)16-6-10-22(11-7-16)19(24)13-15-4-5-18(23)17(20)12-15/h4-5,12,14,16,23H,2-3,6-11,13H2,1H3/t14-/m0/s1. The lowest BCUT2D eigenvalue weighted by atomic mass is 9.89. The summed E-state index contributed by atoms with van der Waals surface area (Å²) >= 11 is 0. The highest BCUT2D eigenvalue weighted by Crippen LogP contribution is 2.27. The van der Waals surface area contributed by atoms with Gasteiger partial charge < -0.3 is 14.9 Å². The van der Waals surface area contributed by atoms with Crippen LogP contribution in [0.1, 0.15) is 38.2 Å². The van der Waals surface area contributed by atoms with E-state index in [1.165, 1.54) is 38.1 Å². The molecule has 0 spiro atoms. The number of halogens is 1. The topological polar surface area (TPSA) is 43.8 Å². The van der Waals surface area contributed by atoms with Gasteiger partial charge in [-0.05, 0) is 69.3 Å². The van der Waals surface area contributed by atoms with Crippen molar-refractivity contribution in [3.63, 3.8) is 0 Å². The molecule has 2 fully saturated rings. The lowest BCUT2D eigenvalue weighted by molar-refractivity contribution is -0.132. The first-order chi connectivity index (χ1) is 11.5. The molecule has 2 aliphatic heterocycles. The molecule has 5 heteroatoms. The highest BCUT2D eigenvalue weighted by atomic mass is 19.1. The number of hydrogen-bond donors (Lipinski definition) is 1. The third-order valence-electron chi connectivity index (χ3n) is 5.66. The Kier molecular flexibility index (Phi) is 5.39. The van der Waals surface area contributed by atoms with E-state index in [4.69, 9.17) is 0 Å². The maximum atomic E-state index is 13.4. The summed E-state index contributed by atoms with van der Waals surface area (Å²) in [5, 5.41) is 9.22. The van der Waals surface area contributed by atoms with Gasteiger partial charge in [-0.3, -0.25) is 4.79 Å². The number of amides is 1. The molecule has 132 valence electrons. The molecule has 24 heavy (non-hydrogen) atoms. The van der Waals surface area contributed by atoms with Crippen molar-refractivity contribution in [1.82, 2.24) is 9.80 Å². The Balaban J connectivity index is 1.50. The number of benzene rings is 1. The minimum Gasteiger partial charge on any atom is -0.505 e. The van der Waals surface area contributed by atoms with Gasteiger partial charge in [-0.1, -0.05) is 6.07 Å². The molecule has 1 amide bonds. The Hall–Kier alpha value is -1.62. The second-order valence-corrected chi connectivity index (χ2v) is 7.16. The van der Waals surface area contributed by atoms with Crippen molar-refractivity contribution in [3.8, 4) is 5.75 Å². The Bertz CT molecular complexity index is 579. The predicted octanol–water partition coefficient (Wildman–Crippen LogP) is 2.80. The molecule has 1 aromatic carbocycles. The minimum atomic E-state index is -0.668. The van der Waals surface area contributed by atoms with E-state index in [9.17, 15) is 14.3 Å². The number of rotatable bonds is 4. The van der Waals surface area contributed by atoms with Crippen molar-refractivity contribution in [1.29, 1.82) is 0 Å². The Labute approximate surface area is 143 Å². The van der Waals surface area contributed by atoms with E-state index in [0.717, 1.165) is 25.9 Å². The zero-order valence-electron chi connectivity index (χ0n) is 14.4. The molecule has 0 radical (unpaired) electrons. The van der Waals surface area contributed by atoms with Gasteiger partial charge in [0.2, 0.25) is 5.91 Å². The van der Waals surface area contributed by atoms with Crippen molar-refractivity contribution in [3.05, 3.63) is 29.6 Å². The molecule has 0 unspecified atom stereocenters. The number of nitrogens with zero attached hydrogens (tertiary/aromatic N) is 2. The largest absolute Gasteiger partial charge is 0.505 e. The average Bonchev–Trinajstić information content (AvgIpc) is 3.12. The van der Waals surface area contributed by atoms with E-state index in [2.05, 4.69) is 11.8 Å². The molecule has 0 saturated carbocycles. The Morgan fingerprint density at radius 1 is 1.25 bits per heavy atom. The third-order valence-corrected chi connectivity index (χ3v) is 5.66. The number of carbonyl (C=O) groups is 1. The molecule has 0 bridgehead atoms. The van der Waals surface area contributed by atoms with Crippen molar-refractivity contribution >= 4 is 5.91 Å². The van der Waals surface area contributed by atoms with Crippen LogP contribution >= 0.6 is 0 Å². The number of piperidine rings is 1. The van der Waals surface area contributed by atoms with Gasteiger partial charge in [0.25, 0.3) is 0 Å². The number of likely N-dealkylation sites (tertiary alicyclic amines) is 2. The normalized spacial score (nSPS) is 21.2. The van der Waals surface area contributed by atoms with E-state index in [1.54, 1.807) is 6.07 Å². The van der Waals surface area contributed by atoms with Gasteiger partial charge in [0, 0.05) is 19.1 Å². The minimum absolute atomic E-state index is 0.0485. The zero-order chi connectivity index (χ0) is 17.1. The van der Waals surface area contributed by atoms with Gasteiger partial charge in [-0.25, -0.2) is 4.39 Å². The summed E-state index contributed by atoms with van der Waals surface area (Å²) in [6.07, 6.45) is 4.92. The highest BCUT2D eigenvalue weighted by molar-refractivity contribution is 5.78. The number of phenols is 1. The van der Waals surface area contributed by atoms with Gasteiger partial charge >= 0.3 is 0 Å². The molecule has 0 aliphatic carbocycles. The molecule has 2 heterocycles. The second-order valence-electron chi connectivity index (χ2n) is 7.16. The number of carbonyl (C=O) groups excluding carboxylic acids is 1. The molecule has 4 nitrogen and oxygen atoms in total. The van der Waals surface area contributed by atoms with Crippen molar-refractivity contribution in [2.75, 3.05) is 26.2 Å². The number of hydrogen-bond acceptors (Lipinski definition) is 3. The highest BCUT2D eigenvalue weighted by Gasteiger charge is 2.30. The van der Waals surface area contributed by atoms with E-state index in [-0.39, 0.29) is 18.1 Å². The van der Waals surface area contributed by atoms with E-state index in [1.807, 2.05) is 4.90 Å². The lowest BCUT2D eigenvalue weighted by Crippen LogP contribution is -2.45. The van der Waals surface area contributed by atoms with Crippen molar-refractivity contribution in [2.45, 2.75) is 45.1 Å². The summed E-state index contributed by atoms with van der Waals surface area (Å²) in [5.41, 5.74) is 0.614. The Morgan fingerprint density at radius 3 is 2.54 bits per heavy atom. The van der Waals surface area contributed by atoms with E-state index >= 15 is 0 Å². The van der Waals surface area contributed by atoms with Crippen LogP contribution in [0.2, 0.25) is 0 Å². The van der Waals surface area contributed by atoms with E-state index in [0.29, 0.717) is 17.5 Å². The van der Waals surface area contributed by atoms with Crippen LogP contribution in [0.15, 0.2) is 18.2 Å². The van der Waals surface area contributed by atoms with E-state index < -0.39 is 5.82 Å². The first-order valence-corrected chi connectivity index (χ1v) is 9.04. The smallest absolute Gasteiger partial charge is 0.226 e. The first-order valence-electron chi connectivity index (χ1n) is 9.04. The van der Waals surface area contributed by atoms with Crippen molar-refractivity contribution < 1.29 is 14.3 Å². The monoisotopic (exact) mass is 334 g/mol. The zero-order valence-corrected chi connectivity index (χ0v) is 14.4. The van der Waals surface area contributed by atoms with Gasteiger partial charge in [0.1, 0.15) is 0 Å². The molecular weight excluding hydrogens is 307 g/mol. The summed E-state index contributed by atoms with van der Waals surface area (Å²) < 4.78 is 13.4. The Morgan fingerprint density at radius 2 is 1.92 bits per heavy atom. The molecule has 1 atom stereocenters. The average molecular weight is 334 g/mol. The van der Waals surface area contributed by atoms with Gasteiger partial charge in [0.15, 0.2) is 11.6 Å². The molecular formula is C19H27FN2O2. The van der Waals surface area contributed by atoms with Gasteiger partial charge in [0.05, 0.1) is 6.42 Å².